The van der Waals surface area contributed by atoms with Gasteiger partial charge in [0, 0.05) is 0 Å². The van der Waals surface area contributed by atoms with Gasteiger partial charge in [0.05, 0.1) is 49.5 Å². The Morgan fingerprint density at radius 3 is 2.86 bits per heavy atom. The van der Waals surface area contributed by atoms with E-state index in [1.165, 1.54) is 16.2 Å². The molecule has 1 aromatic carbocycles. The third kappa shape index (κ3) is 2.64. The Balaban J connectivity index is 1.87. The van der Waals surface area contributed by atoms with E-state index in [2.05, 4.69) is 19.1 Å². The number of hydrogen-bond donors (Lipinski definition) is 3. The van der Waals surface area contributed by atoms with E-state index in [0.29, 0.717) is 18.0 Å². The van der Waals surface area contributed by atoms with Crippen molar-refractivity contribution in [3.63, 3.8) is 0 Å². The molecule has 0 spiro atoms. The summed E-state index contributed by atoms with van der Waals surface area (Å²) in [5, 5.41) is 19.3. The minimum atomic E-state index is 0.257. The highest BCUT2D eigenvalue weighted by Gasteiger charge is 2.30. The molecule has 0 saturated carbocycles. The SMILES string of the molecule is C[NH+](C)CCN1CC(O)=C(c2nc3ccccc3s2)C1=N. The van der Waals surface area contributed by atoms with Crippen LogP contribution in [-0.2, 0) is 0 Å². The molecule has 0 aliphatic carbocycles. The summed E-state index contributed by atoms with van der Waals surface area (Å²) in [5.41, 5.74) is 1.51. The lowest BCUT2D eigenvalue weighted by molar-refractivity contribution is -0.857. The van der Waals surface area contributed by atoms with E-state index < -0.39 is 0 Å². The first-order valence-corrected chi connectivity index (χ1v) is 7.79. The zero-order valence-corrected chi connectivity index (χ0v) is 13.0. The molecule has 5 nitrogen and oxygen atoms in total. The number of amidine groups is 1. The van der Waals surface area contributed by atoms with Gasteiger partial charge in [0.15, 0.2) is 0 Å². The summed E-state index contributed by atoms with van der Waals surface area (Å²) in [6.07, 6.45) is 0. The van der Waals surface area contributed by atoms with Gasteiger partial charge in [-0.15, -0.1) is 11.3 Å². The Hall–Kier alpha value is -1.92. The molecular weight excluding hydrogens is 284 g/mol. The van der Waals surface area contributed by atoms with Gasteiger partial charge in [0.1, 0.15) is 16.6 Å². The number of benzene rings is 1. The number of aliphatic hydroxyl groups excluding tert-OH is 1. The zero-order valence-electron chi connectivity index (χ0n) is 12.2. The zero-order chi connectivity index (χ0) is 15.0. The first-order valence-electron chi connectivity index (χ1n) is 6.97. The van der Waals surface area contributed by atoms with Crippen LogP contribution in [0.5, 0.6) is 0 Å². The lowest BCUT2D eigenvalue weighted by atomic mass is 10.2. The number of aliphatic hydroxyl groups is 1. The third-order valence-electron chi connectivity index (χ3n) is 3.57. The summed E-state index contributed by atoms with van der Waals surface area (Å²) < 4.78 is 1.08. The maximum Gasteiger partial charge on any atom is 0.135 e. The summed E-state index contributed by atoms with van der Waals surface area (Å²) in [5.74, 6) is 0.639. The number of nitrogens with zero attached hydrogens (tertiary/aromatic N) is 2. The van der Waals surface area contributed by atoms with E-state index in [0.717, 1.165) is 28.3 Å². The highest BCUT2D eigenvalue weighted by atomic mass is 32.1. The van der Waals surface area contributed by atoms with Crippen molar-refractivity contribution in [1.29, 1.82) is 5.41 Å². The largest absolute Gasteiger partial charge is 0.510 e. The summed E-state index contributed by atoms with van der Waals surface area (Å²) in [4.78, 5) is 7.79. The molecule has 3 N–H and O–H groups in total. The standard InChI is InChI=1S/C15H18N4OS/c1-18(2)7-8-19-9-11(20)13(14(19)16)15-17-10-5-3-4-6-12(10)21-15/h3-6,16,20H,7-9H2,1-2H3/p+1. The van der Waals surface area contributed by atoms with E-state index >= 15 is 0 Å². The smallest absolute Gasteiger partial charge is 0.135 e. The van der Waals surface area contributed by atoms with E-state index in [1.54, 1.807) is 0 Å². The van der Waals surface area contributed by atoms with Crippen LogP contribution < -0.4 is 4.90 Å². The molecule has 0 saturated heterocycles. The Kier molecular flexibility index (Phi) is 3.65. The van der Waals surface area contributed by atoms with Gasteiger partial charge in [-0.25, -0.2) is 4.98 Å². The second-order valence-electron chi connectivity index (χ2n) is 5.54. The van der Waals surface area contributed by atoms with Gasteiger partial charge in [0.25, 0.3) is 0 Å². The lowest BCUT2D eigenvalue weighted by Gasteiger charge is -2.19. The van der Waals surface area contributed by atoms with Gasteiger partial charge in [-0.1, -0.05) is 12.1 Å². The predicted octanol–water partition coefficient (Wildman–Crippen LogP) is 1.00. The average Bonchev–Trinajstić information content (AvgIpc) is 2.97. The van der Waals surface area contributed by atoms with Crippen LogP contribution in [0.1, 0.15) is 5.01 Å². The summed E-state index contributed by atoms with van der Waals surface area (Å²) >= 11 is 1.53. The topological polar surface area (TPSA) is 64.7 Å². The molecule has 21 heavy (non-hydrogen) atoms. The molecule has 0 unspecified atom stereocenters. The van der Waals surface area contributed by atoms with Crippen LogP contribution in [0.3, 0.4) is 0 Å². The predicted molar refractivity (Wildman–Crippen MR) is 86.1 cm³/mol. The number of aromatic nitrogens is 1. The van der Waals surface area contributed by atoms with Crippen LogP contribution in [-0.4, -0.2) is 54.6 Å². The Bertz CT molecular complexity index is 686. The van der Waals surface area contributed by atoms with Crippen molar-refractivity contribution in [3.8, 4) is 0 Å². The summed E-state index contributed by atoms with van der Waals surface area (Å²) in [7, 11) is 4.17. The van der Waals surface area contributed by atoms with Crippen LogP contribution in [0.2, 0.25) is 0 Å². The summed E-state index contributed by atoms with van der Waals surface area (Å²) in [6, 6.07) is 7.90. The van der Waals surface area contributed by atoms with Crippen molar-refractivity contribution in [2.24, 2.45) is 0 Å². The van der Waals surface area contributed by atoms with E-state index in [1.807, 2.05) is 29.2 Å². The highest BCUT2D eigenvalue weighted by molar-refractivity contribution is 7.19. The Labute approximate surface area is 127 Å². The molecule has 0 fully saturated rings. The van der Waals surface area contributed by atoms with Crippen molar-refractivity contribution in [3.05, 3.63) is 35.0 Å². The molecule has 2 heterocycles. The van der Waals surface area contributed by atoms with Crippen molar-refractivity contribution in [2.75, 3.05) is 33.7 Å². The van der Waals surface area contributed by atoms with Crippen molar-refractivity contribution < 1.29 is 10.0 Å². The van der Waals surface area contributed by atoms with E-state index in [9.17, 15) is 5.11 Å². The monoisotopic (exact) mass is 303 g/mol. The third-order valence-corrected chi connectivity index (χ3v) is 4.63. The number of fused-ring (bicyclic) bond motifs is 1. The normalized spacial score (nSPS) is 15.8. The lowest BCUT2D eigenvalue weighted by Crippen LogP contribution is -3.06. The van der Waals surface area contributed by atoms with Crippen LogP contribution in [0.4, 0.5) is 0 Å². The van der Waals surface area contributed by atoms with E-state index in [-0.39, 0.29) is 5.76 Å². The van der Waals surface area contributed by atoms with Crippen molar-refractivity contribution >= 4 is 33.0 Å². The second kappa shape index (κ2) is 5.46. The van der Waals surface area contributed by atoms with Gasteiger partial charge >= 0.3 is 0 Å². The molecule has 0 radical (unpaired) electrons. The Morgan fingerprint density at radius 2 is 2.14 bits per heavy atom. The molecule has 0 amide bonds. The fourth-order valence-electron chi connectivity index (χ4n) is 2.39. The number of rotatable bonds is 4. The number of quaternary nitrogens is 1. The molecule has 6 heteroatoms. The van der Waals surface area contributed by atoms with Gasteiger partial charge in [-0.3, -0.25) is 5.41 Å². The molecule has 1 aliphatic heterocycles. The van der Waals surface area contributed by atoms with Crippen molar-refractivity contribution in [1.82, 2.24) is 9.88 Å². The highest BCUT2D eigenvalue weighted by Crippen LogP contribution is 2.32. The van der Waals surface area contributed by atoms with E-state index in [4.69, 9.17) is 5.41 Å². The number of nitrogens with one attached hydrogen (secondary N) is 2. The first kappa shape index (κ1) is 14.0. The minimum Gasteiger partial charge on any atom is -0.510 e. The molecule has 2 aromatic rings. The van der Waals surface area contributed by atoms with Gasteiger partial charge in [-0.05, 0) is 12.1 Å². The van der Waals surface area contributed by atoms with Crippen LogP contribution in [0.25, 0.3) is 15.8 Å². The maximum atomic E-state index is 10.2. The molecule has 1 aliphatic rings. The first-order chi connectivity index (χ1) is 10.1. The number of thiazole rings is 1. The number of likely N-dealkylation sites (N-methyl/N-ethyl adjacent to an activating group) is 1. The fraction of sp³-hybridized carbons (Fsp3) is 0.333. The maximum absolute atomic E-state index is 10.2. The fourth-order valence-corrected chi connectivity index (χ4v) is 3.42. The molecule has 0 atom stereocenters. The van der Waals surface area contributed by atoms with Gasteiger partial charge in [-0.2, -0.15) is 0 Å². The second-order valence-corrected chi connectivity index (χ2v) is 6.57. The Morgan fingerprint density at radius 1 is 1.38 bits per heavy atom. The van der Waals surface area contributed by atoms with Crippen LogP contribution in [0.15, 0.2) is 30.0 Å². The van der Waals surface area contributed by atoms with Crippen LogP contribution in [0, 0.1) is 5.41 Å². The van der Waals surface area contributed by atoms with Crippen LogP contribution >= 0.6 is 11.3 Å². The average molecular weight is 303 g/mol. The van der Waals surface area contributed by atoms with Gasteiger partial charge in [0.2, 0.25) is 0 Å². The summed E-state index contributed by atoms with van der Waals surface area (Å²) in [6.45, 7) is 2.11. The quantitative estimate of drug-likeness (QED) is 0.789. The molecule has 3 rings (SSSR count). The van der Waals surface area contributed by atoms with Gasteiger partial charge < -0.3 is 14.9 Å². The number of para-hydroxylation sites is 1. The molecule has 110 valence electrons. The molecule has 1 aromatic heterocycles. The minimum absolute atomic E-state index is 0.257. The molecular formula is C15H19N4OS+. The van der Waals surface area contributed by atoms with Crippen molar-refractivity contribution in [2.45, 2.75) is 0 Å². The number of hydrogen-bond acceptors (Lipinski definition) is 4. The molecule has 0 bridgehead atoms.